The van der Waals surface area contributed by atoms with Gasteiger partial charge in [-0.05, 0) is 52.8 Å². The van der Waals surface area contributed by atoms with Gasteiger partial charge in [0.2, 0.25) is 0 Å². The lowest BCUT2D eigenvalue weighted by atomic mass is 9.76. The normalized spacial score (nSPS) is 12.4. The Morgan fingerprint density at radius 1 is 0.610 bits per heavy atom. The summed E-state index contributed by atoms with van der Waals surface area (Å²) in [5.41, 5.74) is 8.27. The second-order valence-corrected chi connectivity index (χ2v) is 10.8. The van der Waals surface area contributed by atoms with Gasteiger partial charge in [-0.3, -0.25) is 5.32 Å². The maximum Gasteiger partial charge on any atom is 0.0950 e. The number of hydrogen-bond donors (Lipinski definition) is 3. The molecule has 6 rings (SSSR count). The van der Waals surface area contributed by atoms with Gasteiger partial charge in [0.1, 0.15) is 0 Å². The molecule has 1 aromatic heterocycles. The number of H-pyrrole nitrogens is 1. The Labute approximate surface area is 243 Å². The fourth-order valence-electron chi connectivity index (χ4n) is 6.05. The van der Waals surface area contributed by atoms with Gasteiger partial charge >= 0.3 is 0 Å². The van der Waals surface area contributed by atoms with Crippen molar-refractivity contribution in [2.75, 3.05) is 6.54 Å². The van der Waals surface area contributed by atoms with E-state index < -0.39 is 5.54 Å². The predicted octanol–water partition coefficient (Wildman–Crippen LogP) is 7.76. The zero-order valence-corrected chi connectivity index (χ0v) is 23.6. The van der Waals surface area contributed by atoms with Crippen LogP contribution in [0.3, 0.4) is 0 Å². The molecule has 41 heavy (non-hydrogen) atoms. The average molecular weight is 536 g/mol. The van der Waals surface area contributed by atoms with E-state index in [4.69, 9.17) is 0 Å². The van der Waals surface area contributed by atoms with Gasteiger partial charge in [0.05, 0.1) is 5.54 Å². The van der Waals surface area contributed by atoms with E-state index >= 15 is 0 Å². The molecule has 0 aliphatic carbocycles. The Morgan fingerprint density at radius 2 is 1.15 bits per heavy atom. The Bertz CT molecular complexity index is 1580. The Morgan fingerprint density at radius 3 is 1.76 bits per heavy atom. The van der Waals surface area contributed by atoms with Crippen molar-refractivity contribution >= 4 is 10.9 Å². The summed E-state index contributed by atoms with van der Waals surface area (Å²) in [6.07, 6.45) is 3.05. The SMILES string of the molecule is Cc1ccccc1CNCC(Cc1c[nH]c2ccccc12)NC(c1ccccc1)(c1ccccc1)c1ccccc1. The van der Waals surface area contributed by atoms with Crippen molar-refractivity contribution in [1.82, 2.24) is 15.6 Å². The fourth-order valence-corrected chi connectivity index (χ4v) is 6.05. The second kappa shape index (κ2) is 12.4. The fraction of sp³-hybridized carbons (Fsp3) is 0.158. The second-order valence-electron chi connectivity index (χ2n) is 10.8. The van der Waals surface area contributed by atoms with Gasteiger partial charge in [0.25, 0.3) is 0 Å². The van der Waals surface area contributed by atoms with E-state index in [1.807, 2.05) is 0 Å². The summed E-state index contributed by atoms with van der Waals surface area (Å²) in [6.45, 7) is 3.82. The molecule has 0 saturated carbocycles. The largest absolute Gasteiger partial charge is 0.361 e. The number of para-hydroxylation sites is 1. The summed E-state index contributed by atoms with van der Waals surface area (Å²) in [5.74, 6) is 0. The van der Waals surface area contributed by atoms with E-state index in [0.29, 0.717) is 0 Å². The molecule has 1 heterocycles. The van der Waals surface area contributed by atoms with Crippen LogP contribution < -0.4 is 10.6 Å². The van der Waals surface area contributed by atoms with Crippen molar-refractivity contribution in [3.8, 4) is 0 Å². The maximum absolute atomic E-state index is 4.24. The zero-order valence-electron chi connectivity index (χ0n) is 23.6. The summed E-state index contributed by atoms with van der Waals surface area (Å²) in [4.78, 5) is 3.49. The van der Waals surface area contributed by atoms with Crippen molar-refractivity contribution in [2.24, 2.45) is 0 Å². The number of hydrogen-bond acceptors (Lipinski definition) is 2. The van der Waals surface area contributed by atoms with E-state index in [0.717, 1.165) is 19.5 Å². The van der Waals surface area contributed by atoms with Gasteiger partial charge in [-0.25, -0.2) is 0 Å². The van der Waals surface area contributed by atoms with Crippen LogP contribution in [-0.4, -0.2) is 17.6 Å². The van der Waals surface area contributed by atoms with Gasteiger partial charge in [-0.2, -0.15) is 0 Å². The van der Waals surface area contributed by atoms with E-state index in [9.17, 15) is 0 Å². The van der Waals surface area contributed by atoms with Crippen molar-refractivity contribution in [3.05, 3.63) is 179 Å². The molecule has 0 spiro atoms. The topological polar surface area (TPSA) is 39.9 Å². The molecule has 0 fully saturated rings. The highest BCUT2D eigenvalue weighted by Gasteiger charge is 2.38. The third kappa shape index (κ3) is 5.74. The highest BCUT2D eigenvalue weighted by molar-refractivity contribution is 5.83. The highest BCUT2D eigenvalue weighted by Crippen LogP contribution is 2.37. The molecule has 5 aromatic carbocycles. The first-order valence-electron chi connectivity index (χ1n) is 14.5. The molecule has 3 nitrogen and oxygen atoms in total. The molecule has 6 aromatic rings. The molecule has 204 valence electrons. The van der Waals surface area contributed by atoms with Crippen LogP contribution in [-0.2, 0) is 18.5 Å². The van der Waals surface area contributed by atoms with Crippen LogP contribution in [0, 0.1) is 6.92 Å². The Balaban J connectivity index is 1.43. The van der Waals surface area contributed by atoms with E-state index in [1.54, 1.807) is 0 Å². The Hall–Kier alpha value is -4.44. The number of aromatic nitrogens is 1. The molecule has 3 N–H and O–H groups in total. The van der Waals surface area contributed by atoms with Gasteiger partial charge in [-0.15, -0.1) is 0 Å². The van der Waals surface area contributed by atoms with Gasteiger partial charge in [0.15, 0.2) is 0 Å². The summed E-state index contributed by atoms with van der Waals surface area (Å²) in [7, 11) is 0. The van der Waals surface area contributed by atoms with Crippen LogP contribution in [0.15, 0.2) is 146 Å². The molecule has 3 heteroatoms. The highest BCUT2D eigenvalue weighted by atomic mass is 15.1. The minimum atomic E-state index is -0.537. The summed E-state index contributed by atoms with van der Waals surface area (Å²) in [6, 6.07) is 50.0. The number of benzene rings is 5. The molecule has 1 atom stereocenters. The van der Waals surface area contributed by atoms with E-state index in [1.165, 1.54) is 44.3 Å². The van der Waals surface area contributed by atoms with Crippen molar-refractivity contribution < 1.29 is 0 Å². The minimum Gasteiger partial charge on any atom is -0.361 e. The average Bonchev–Trinajstić information content (AvgIpc) is 3.44. The number of rotatable bonds is 11. The van der Waals surface area contributed by atoms with Crippen molar-refractivity contribution in [2.45, 2.75) is 31.5 Å². The Kier molecular flexibility index (Phi) is 8.09. The van der Waals surface area contributed by atoms with E-state index in [-0.39, 0.29) is 6.04 Å². The molecule has 0 aliphatic heterocycles. The smallest absolute Gasteiger partial charge is 0.0950 e. The molecule has 0 bridgehead atoms. The number of aryl methyl sites for hydroxylation is 1. The van der Waals surface area contributed by atoms with Crippen molar-refractivity contribution in [3.63, 3.8) is 0 Å². The minimum absolute atomic E-state index is 0.124. The zero-order chi connectivity index (χ0) is 27.9. The lowest BCUT2D eigenvalue weighted by molar-refractivity contribution is 0.372. The summed E-state index contributed by atoms with van der Waals surface area (Å²) >= 11 is 0. The number of fused-ring (bicyclic) bond motifs is 1. The van der Waals surface area contributed by atoms with Crippen molar-refractivity contribution in [1.29, 1.82) is 0 Å². The van der Waals surface area contributed by atoms with Crippen LogP contribution in [0.5, 0.6) is 0 Å². The molecule has 1 unspecified atom stereocenters. The molecular formula is C38H37N3. The number of nitrogens with one attached hydrogen (secondary N) is 3. The third-order valence-electron chi connectivity index (χ3n) is 8.15. The van der Waals surface area contributed by atoms with Crippen LogP contribution in [0.1, 0.15) is 33.4 Å². The monoisotopic (exact) mass is 535 g/mol. The van der Waals surface area contributed by atoms with Crippen LogP contribution in [0.4, 0.5) is 0 Å². The first kappa shape index (κ1) is 26.8. The molecule has 0 amide bonds. The maximum atomic E-state index is 4.24. The quantitative estimate of drug-likeness (QED) is 0.148. The lowest BCUT2D eigenvalue weighted by Gasteiger charge is -2.40. The predicted molar refractivity (Wildman–Crippen MR) is 171 cm³/mol. The molecule has 0 radical (unpaired) electrons. The van der Waals surface area contributed by atoms with E-state index in [2.05, 4.69) is 168 Å². The third-order valence-corrected chi connectivity index (χ3v) is 8.15. The van der Waals surface area contributed by atoms with Crippen LogP contribution in [0.2, 0.25) is 0 Å². The van der Waals surface area contributed by atoms with Gasteiger partial charge in [-0.1, -0.05) is 133 Å². The molecule has 0 aliphatic rings. The van der Waals surface area contributed by atoms with Gasteiger partial charge in [0, 0.05) is 36.2 Å². The lowest BCUT2D eigenvalue weighted by Crippen LogP contribution is -2.53. The number of aromatic amines is 1. The summed E-state index contributed by atoms with van der Waals surface area (Å²) in [5, 5.41) is 9.33. The molecule has 0 saturated heterocycles. The first-order valence-corrected chi connectivity index (χ1v) is 14.5. The molecular weight excluding hydrogens is 498 g/mol. The van der Waals surface area contributed by atoms with Gasteiger partial charge < -0.3 is 10.3 Å². The standard InChI is InChI=1S/C38H37N3/c1-29-15-11-12-16-30(29)26-39-28-35(25-31-27-40-37-24-14-13-23-36(31)37)41-38(32-17-5-2-6-18-32,33-19-7-3-8-20-33)34-21-9-4-10-22-34/h2-24,27,35,39-41H,25-26,28H2,1H3. The van der Waals surface area contributed by atoms with Crippen LogP contribution in [0.25, 0.3) is 10.9 Å². The van der Waals surface area contributed by atoms with Crippen LogP contribution >= 0.6 is 0 Å². The first-order chi connectivity index (χ1) is 20.2. The summed E-state index contributed by atoms with van der Waals surface area (Å²) < 4.78 is 0.